The van der Waals surface area contributed by atoms with E-state index in [2.05, 4.69) is 10.1 Å². The van der Waals surface area contributed by atoms with Crippen molar-refractivity contribution in [2.75, 3.05) is 7.11 Å². The van der Waals surface area contributed by atoms with Crippen molar-refractivity contribution in [3.05, 3.63) is 59.7 Å². The molecule has 0 fully saturated rings. The van der Waals surface area contributed by atoms with Gasteiger partial charge in [0.25, 0.3) is 0 Å². The molecule has 0 saturated heterocycles. The first-order valence-electron chi connectivity index (χ1n) is 12.4. The van der Waals surface area contributed by atoms with Crippen molar-refractivity contribution in [2.45, 2.75) is 52.2 Å². The number of carbonyl (C=O) groups excluding carboxylic acids is 4. The van der Waals surface area contributed by atoms with Crippen LogP contribution in [-0.4, -0.2) is 42.9 Å². The lowest BCUT2D eigenvalue weighted by atomic mass is 9.84. The zero-order valence-corrected chi connectivity index (χ0v) is 22.6. The number of carbonyl (C=O) groups is 4. The van der Waals surface area contributed by atoms with Crippen LogP contribution in [0.3, 0.4) is 0 Å². The molecule has 0 saturated carbocycles. The molecule has 2 aromatic rings. The number of amides is 1. The van der Waals surface area contributed by atoms with E-state index in [0.29, 0.717) is 5.75 Å². The lowest BCUT2D eigenvalue weighted by Crippen LogP contribution is -2.40. The Morgan fingerprint density at radius 3 is 1.95 bits per heavy atom. The molecule has 2 aromatic carbocycles. The molecule has 2 rings (SSSR count). The smallest absolute Gasteiger partial charge is 0.497 e. The van der Waals surface area contributed by atoms with Gasteiger partial charge in [-0.05, 0) is 35.7 Å². The summed E-state index contributed by atoms with van der Waals surface area (Å²) in [7, 11) is 1.38. The Kier molecular flexibility index (Phi) is 11.1. The number of hydrogen-bond donors (Lipinski definition) is 1. The Balaban J connectivity index is 2.30. The van der Waals surface area contributed by atoms with Crippen LogP contribution in [0.4, 0.5) is 26.3 Å². The van der Waals surface area contributed by atoms with Crippen molar-refractivity contribution in [2.24, 2.45) is 17.8 Å². The van der Waals surface area contributed by atoms with Gasteiger partial charge in [0, 0.05) is 24.7 Å². The Morgan fingerprint density at radius 1 is 0.854 bits per heavy atom. The minimum atomic E-state index is -5.17. The van der Waals surface area contributed by atoms with Gasteiger partial charge in [0.2, 0.25) is 11.7 Å². The summed E-state index contributed by atoms with van der Waals surface area (Å²) in [5.41, 5.74) is -0.244. The average molecular weight is 590 g/mol. The molecular formula is C28H29F6NO6. The summed E-state index contributed by atoms with van der Waals surface area (Å²) < 4.78 is 86.7. The molecule has 7 nitrogen and oxygen atoms in total. The molecule has 0 aliphatic rings. The average Bonchev–Trinajstić information content (AvgIpc) is 2.88. The summed E-state index contributed by atoms with van der Waals surface area (Å²) in [5, 5.41) is 2.42. The third-order valence-electron chi connectivity index (χ3n) is 6.25. The number of benzene rings is 2. The maximum atomic E-state index is 13.3. The maximum Gasteiger partial charge on any atom is 0.573 e. The van der Waals surface area contributed by atoms with Crippen LogP contribution >= 0.6 is 0 Å². The van der Waals surface area contributed by atoms with E-state index < -0.39 is 83.7 Å². The summed E-state index contributed by atoms with van der Waals surface area (Å²) >= 11 is 0. The molecule has 0 aliphatic carbocycles. The van der Waals surface area contributed by atoms with Crippen LogP contribution in [0.5, 0.6) is 11.5 Å². The molecule has 0 bridgehead atoms. The predicted octanol–water partition coefficient (Wildman–Crippen LogP) is 6.02. The number of ketones is 3. The van der Waals surface area contributed by atoms with Crippen LogP contribution in [0.25, 0.3) is 0 Å². The minimum absolute atomic E-state index is 0.175. The van der Waals surface area contributed by atoms with Crippen LogP contribution in [0.1, 0.15) is 55.6 Å². The van der Waals surface area contributed by atoms with Gasteiger partial charge in [-0.15, -0.1) is 13.2 Å². The van der Waals surface area contributed by atoms with Crippen molar-refractivity contribution < 1.29 is 55.0 Å². The lowest BCUT2D eigenvalue weighted by Gasteiger charge is -2.25. The Morgan fingerprint density at radius 2 is 1.44 bits per heavy atom. The number of para-hydroxylation sites is 1. The zero-order chi connectivity index (χ0) is 31.1. The predicted molar refractivity (Wildman–Crippen MR) is 134 cm³/mol. The van der Waals surface area contributed by atoms with Gasteiger partial charge in [-0.2, -0.15) is 13.2 Å². The Labute approximate surface area is 232 Å². The highest BCUT2D eigenvalue weighted by molar-refractivity contribution is 6.01. The first kappa shape index (κ1) is 33.3. The fraction of sp³-hybridized carbons (Fsp3) is 0.429. The first-order chi connectivity index (χ1) is 18.9. The van der Waals surface area contributed by atoms with E-state index in [0.717, 1.165) is 12.1 Å². The normalized spacial score (nSPS) is 14.1. The molecular weight excluding hydrogens is 560 g/mol. The second kappa shape index (κ2) is 13.6. The largest absolute Gasteiger partial charge is 0.573 e. The van der Waals surface area contributed by atoms with Crippen molar-refractivity contribution in [3.8, 4) is 11.5 Å². The molecule has 224 valence electrons. The Bertz CT molecular complexity index is 1240. The van der Waals surface area contributed by atoms with Gasteiger partial charge < -0.3 is 14.8 Å². The number of hydrogen-bond acceptors (Lipinski definition) is 6. The van der Waals surface area contributed by atoms with Gasteiger partial charge in [0.15, 0.2) is 11.6 Å². The van der Waals surface area contributed by atoms with Crippen molar-refractivity contribution in [3.63, 3.8) is 0 Å². The van der Waals surface area contributed by atoms with Gasteiger partial charge >= 0.3 is 12.5 Å². The number of nitrogens with one attached hydrogen (secondary N) is 1. The Hall–Kier alpha value is -3.90. The first-order valence-corrected chi connectivity index (χ1v) is 12.4. The number of Topliss-reactive ketones (excluding diaryl/α,β-unsaturated/α-hetero) is 3. The van der Waals surface area contributed by atoms with Crippen LogP contribution in [0.2, 0.25) is 0 Å². The van der Waals surface area contributed by atoms with Crippen LogP contribution in [0.15, 0.2) is 48.5 Å². The topological polar surface area (TPSA) is 98.8 Å². The van der Waals surface area contributed by atoms with Crippen LogP contribution in [-0.2, 0) is 14.4 Å². The SMILES string of the molecule is COc1ccc([C@H](NC(=O)[C@H](C)CC(=O)c2ccccc2OC(F)(F)F)C(=O)C[C@H](C(=O)C(F)(F)F)C(C)C)cc1. The van der Waals surface area contributed by atoms with E-state index in [1.54, 1.807) is 0 Å². The van der Waals surface area contributed by atoms with Crippen molar-refractivity contribution in [1.82, 2.24) is 5.32 Å². The van der Waals surface area contributed by atoms with Gasteiger partial charge in [0.1, 0.15) is 17.5 Å². The van der Waals surface area contributed by atoms with E-state index in [4.69, 9.17) is 4.74 Å². The molecule has 1 N–H and O–H groups in total. The molecule has 0 unspecified atom stereocenters. The highest BCUT2D eigenvalue weighted by atomic mass is 19.4. The summed E-state index contributed by atoms with van der Waals surface area (Å²) in [6, 6.07) is 8.80. The van der Waals surface area contributed by atoms with Gasteiger partial charge in [-0.25, -0.2) is 0 Å². The highest BCUT2D eigenvalue weighted by Gasteiger charge is 2.45. The van der Waals surface area contributed by atoms with E-state index in [-0.39, 0.29) is 5.56 Å². The number of rotatable bonds is 13. The summed E-state index contributed by atoms with van der Waals surface area (Å²) in [4.78, 5) is 51.1. The molecule has 0 spiro atoms. The summed E-state index contributed by atoms with van der Waals surface area (Å²) in [6.07, 6.45) is -11.6. The third-order valence-corrected chi connectivity index (χ3v) is 6.25. The molecule has 3 atom stereocenters. The number of methoxy groups -OCH3 is 1. The quantitative estimate of drug-likeness (QED) is 0.227. The van der Waals surface area contributed by atoms with Crippen molar-refractivity contribution in [1.29, 1.82) is 0 Å². The van der Waals surface area contributed by atoms with Gasteiger partial charge in [-0.1, -0.05) is 45.0 Å². The second-order valence-electron chi connectivity index (χ2n) is 9.67. The van der Waals surface area contributed by atoms with Crippen LogP contribution < -0.4 is 14.8 Å². The van der Waals surface area contributed by atoms with Gasteiger partial charge in [-0.3, -0.25) is 19.2 Å². The molecule has 0 radical (unpaired) electrons. The van der Waals surface area contributed by atoms with Gasteiger partial charge in [0.05, 0.1) is 12.7 Å². The van der Waals surface area contributed by atoms with E-state index in [1.807, 2.05) is 0 Å². The van der Waals surface area contributed by atoms with Crippen LogP contribution in [0, 0.1) is 17.8 Å². The minimum Gasteiger partial charge on any atom is -0.497 e. The van der Waals surface area contributed by atoms with Crippen molar-refractivity contribution >= 4 is 23.3 Å². The lowest BCUT2D eigenvalue weighted by molar-refractivity contribution is -0.274. The third kappa shape index (κ3) is 9.61. The molecule has 0 aromatic heterocycles. The number of ether oxygens (including phenoxy) is 2. The van der Waals surface area contributed by atoms with E-state index in [1.165, 1.54) is 64.3 Å². The number of alkyl halides is 6. The second-order valence-corrected chi connectivity index (χ2v) is 9.67. The van der Waals surface area contributed by atoms with E-state index >= 15 is 0 Å². The molecule has 41 heavy (non-hydrogen) atoms. The highest BCUT2D eigenvalue weighted by Crippen LogP contribution is 2.31. The molecule has 0 heterocycles. The summed E-state index contributed by atoms with van der Waals surface area (Å²) in [5.74, 6) is -8.77. The number of halogens is 6. The monoisotopic (exact) mass is 589 g/mol. The standard InChI is InChI=1S/C28H29F6NO6/c1-15(2)20(25(38)27(29,30)31)14-22(37)24(17-9-11-18(40-4)12-10-17)35-26(39)16(3)13-21(36)19-7-5-6-8-23(19)41-28(32,33)34/h5-12,15-16,20,24H,13-14H2,1-4H3,(H,35,39)/t16-,20+,24+/m1/s1. The summed E-state index contributed by atoms with van der Waals surface area (Å²) in [6.45, 7) is 4.01. The fourth-order valence-corrected chi connectivity index (χ4v) is 4.00. The fourth-order valence-electron chi connectivity index (χ4n) is 4.00. The molecule has 13 heteroatoms. The molecule has 0 aliphatic heterocycles. The molecule has 1 amide bonds. The van der Waals surface area contributed by atoms with E-state index in [9.17, 15) is 45.5 Å². The maximum absolute atomic E-state index is 13.3. The zero-order valence-electron chi connectivity index (χ0n) is 22.6.